The molecule has 0 fully saturated rings. The standard InChI is InChI=1S/C20H24ClN5O/c21-17-8-10-19(11-9-17)27-14-5-3-1-2-4-13-24-20(25-16-22)26-18-7-6-12-23-15-18/h6-12,15H,1-5,13-14H2,(H2,24,25,26). The van der Waals surface area contributed by atoms with Crippen LogP contribution in [0.3, 0.4) is 0 Å². The van der Waals surface area contributed by atoms with Crippen molar-refractivity contribution in [2.24, 2.45) is 4.99 Å². The van der Waals surface area contributed by atoms with Crippen LogP contribution >= 0.6 is 11.6 Å². The van der Waals surface area contributed by atoms with Crippen LogP contribution in [0.5, 0.6) is 5.75 Å². The predicted molar refractivity (Wildman–Crippen MR) is 109 cm³/mol. The van der Waals surface area contributed by atoms with E-state index in [1.165, 1.54) is 0 Å². The number of aliphatic imine (C=N–C) groups is 1. The normalized spacial score (nSPS) is 10.9. The zero-order valence-electron chi connectivity index (χ0n) is 15.2. The van der Waals surface area contributed by atoms with E-state index >= 15 is 0 Å². The quantitative estimate of drug-likeness (QED) is 0.205. The van der Waals surface area contributed by atoms with Gasteiger partial charge in [-0.05, 0) is 49.2 Å². The molecule has 0 atom stereocenters. The number of halogens is 1. The maximum atomic E-state index is 8.82. The fraction of sp³-hybridized carbons (Fsp3) is 0.350. The Kier molecular flexibility index (Phi) is 9.55. The monoisotopic (exact) mass is 385 g/mol. The Bertz CT molecular complexity index is 728. The summed E-state index contributed by atoms with van der Waals surface area (Å²) < 4.78 is 5.67. The summed E-state index contributed by atoms with van der Waals surface area (Å²) in [5.41, 5.74) is 0.791. The van der Waals surface area contributed by atoms with Gasteiger partial charge in [0.25, 0.3) is 0 Å². The van der Waals surface area contributed by atoms with Gasteiger partial charge in [0.15, 0.2) is 6.19 Å². The molecule has 0 aliphatic rings. The summed E-state index contributed by atoms with van der Waals surface area (Å²) in [6.07, 6.45) is 10.6. The lowest BCUT2D eigenvalue weighted by Crippen LogP contribution is -2.27. The Labute approximate surface area is 165 Å². The smallest absolute Gasteiger partial charge is 0.209 e. The molecule has 0 unspecified atom stereocenters. The highest BCUT2D eigenvalue weighted by Crippen LogP contribution is 2.16. The van der Waals surface area contributed by atoms with E-state index < -0.39 is 0 Å². The minimum absolute atomic E-state index is 0.446. The first kappa shape index (κ1) is 20.5. The zero-order valence-corrected chi connectivity index (χ0v) is 16.0. The Morgan fingerprint density at radius 3 is 2.63 bits per heavy atom. The zero-order chi connectivity index (χ0) is 19.2. The number of nitrogens with one attached hydrogen (secondary N) is 2. The topological polar surface area (TPSA) is 82.3 Å². The van der Waals surface area contributed by atoms with Crippen molar-refractivity contribution in [1.29, 1.82) is 5.26 Å². The van der Waals surface area contributed by atoms with Gasteiger partial charge in [-0.15, -0.1) is 0 Å². The van der Waals surface area contributed by atoms with Crippen LogP contribution in [0, 0.1) is 11.5 Å². The first-order valence-electron chi connectivity index (χ1n) is 9.03. The number of nitriles is 1. The van der Waals surface area contributed by atoms with Crippen LogP contribution in [-0.2, 0) is 0 Å². The van der Waals surface area contributed by atoms with Crippen molar-refractivity contribution in [2.45, 2.75) is 32.1 Å². The van der Waals surface area contributed by atoms with Crippen LogP contribution < -0.4 is 15.4 Å². The van der Waals surface area contributed by atoms with Gasteiger partial charge in [0, 0.05) is 17.8 Å². The number of aromatic nitrogens is 1. The second kappa shape index (κ2) is 12.6. The predicted octanol–water partition coefficient (Wildman–Crippen LogP) is 4.60. The maximum Gasteiger partial charge on any atom is 0.209 e. The molecule has 1 aromatic carbocycles. The molecule has 1 heterocycles. The lowest BCUT2D eigenvalue weighted by molar-refractivity contribution is 0.304. The molecule has 0 spiro atoms. The van der Waals surface area contributed by atoms with Crippen molar-refractivity contribution >= 4 is 23.2 Å². The molecule has 0 bridgehead atoms. The highest BCUT2D eigenvalue weighted by atomic mass is 35.5. The Morgan fingerprint density at radius 2 is 1.89 bits per heavy atom. The fourth-order valence-electron chi connectivity index (χ4n) is 2.39. The molecule has 2 rings (SSSR count). The number of anilines is 1. The Balaban J connectivity index is 1.55. The summed E-state index contributed by atoms with van der Waals surface area (Å²) in [7, 11) is 0. The van der Waals surface area contributed by atoms with Gasteiger partial charge in [-0.2, -0.15) is 5.26 Å². The summed E-state index contributed by atoms with van der Waals surface area (Å²) >= 11 is 5.84. The van der Waals surface area contributed by atoms with E-state index in [-0.39, 0.29) is 0 Å². The Hall–Kier alpha value is -2.78. The third-order valence-electron chi connectivity index (χ3n) is 3.75. The SMILES string of the molecule is N#CNC(=NCCCCCCCOc1ccc(Cl)cc1)Nc1cccnc1. The number of pyridine rings is 1. The van der Waals surface area contributed by atoms with Gasteiger partial charge < -0.3 is 10.1 Å². The van der Waals surface area contributed by atoms with E-state index in [4.69, 9.17) is 21.6 Å². The van der Waals surface area contributed by atoms with Crippen molar-refractivity contribution in [3.05, 3.63) is 53.8 Å². The van der Waals surface area contributed by atoms with Gasteiger partial charge in [0.2, 0.25) is 5.96 Å². The lowest BCUT2D eigenvalue weighted by atomic mass is 10.1. The summed E-state index contributed by atoms with van der Waals surface area (Å²) in [6, 6.07) is 11.1. The van der Waals surface area contributed by atoms with E-state index in [0.29, 0.717) is 24.1 Å². The van der Waals surface area contributed by atoms with Crippen LogP contribution in [0.15, 0.2) is 53.8 Å². The van der Waals surface area contributed by atoms with Crippen molar-refractivity contribution < 1.29 is 4.74 Å². The third kappa shape index (κ3) is 8.93. The molecule has 142 valence electrons. The summed E-state index contributed by atoms with van der Waals surface area (Å²) in [6.45, 7) is 1.38. The van der Waals surface area contributed by atoms with Gasteiger partial charge in [0.05, 0.1) is 18.5 Å². The molecule has 7 heteroatoms. The summed E-state index contributed by atoms with van der Waals surface area (Å²) in [4.78, 5) is 8.42. The lowest BCUT2D eigenvalue weighted by Gasteiger charge is -2.07. The minimum atomic E-state index is 0.446. The van der Waals surface area contributed by atoms with Crippen LogP contribution in [0.25, 0.3) is 0 Å². The molecule has 1 aromatic heterocycles. The van der Waals surface area contributed by atoms with Crippen LogP contribution in [0.1, 0.15) is 32.1 Å². The van der Waals surface area contributed by atoms with Gasteiger partial charge in [0.1, 0.15) is 5.75 Å². The first-order chi connectivity index (χ1) is 13.3. The molecule has 27 heavy (non-hydrogen) atoms. The first-order valence-corrected chi connectivity index (χ1v) is 9.40. The van der Waals surface area contributed by atoms with Crippen molar-refractivity contribution in [3.63, 3.8) is 0 Å². The van der Waals surface area contributed by atoms with Crippen LogP contribution in [0.2, 0.25) is 5.02 Å². The van der Waals surface area contributed by atoms with Gasteiger partial charge in [-0.25, -0.2) is 0 Å². The van der Waals surface area contributed by atoms with Crippen molar-refractivity contribution in [3.8, 4) is 11.9 Å². The van der Waals surface area contributed by atoms with E-state index in [1.54, 1.807) is 12.4 Å². The average molecular weight is 386 g/mol. The Morgan fingerprint density at radius 1 is 1.11 bits per heavy atom. The number of nitrogens with zero attached hydrogens (tertiary/aromatic N) is 3. The summed E-state index contributed by atoms with van der Waals surface area (Å²) in [5, 5.41) is 15.1. The second-order valence-electron chi connectivity index (χ2n) is 5.90. The number of rotatable bonds is 10. The molecule has 0 saturated heterocycles. The van der Waals surface area contributed by atoms with Crippen LogP contribution in [-0.4, -0.2) is 24.1 Å². The van der Waals surface area contributed by atoms with Crippen LogP contribution in [0.4, 0.5) is 5.69 Å². The van der Waals surface area contributed by atoms with E-state index in [1.807, 2.05) is 42.6 Å². The highest BCUT2D eigenvalue weighted by molar-refractivity contribution is 6.30. The molecule has 6 nitrogen and oxygen atoms in total. The molecule has 0 amide bonds. The maximum absolute atomic E-state index is 8.82. The van der Waals surface area contributed by atoms with E-state index in [2.05, 4.69) is 20.6 Å². The minimum Gasteiger partial charge on any atom is -0.494 e. The molecule has 0 saturated carbocycles. The largest absolute Gasteiger partial charge is 0.494 e. The van der Waals surface area contributed by atoms with Crippen molar-refractivity contribution in [1.82, 2.24) is 10.3 Å². The van der Waals surface area contributed by atoms with Gasteiger partial charge >= 0.3 is 0 Å². The fourth-order valence-corrected chi connectivity index (χ4v) is 2.52. The number of ether oxygens (including phenoxy) is 1. The third-order valence-corrected chi connectivity index (χ3v) is 4.01. The molecule has 0 aliphatic heterocycles. The number of unbranched alkanes of at least 4 members (excludes halogenated alkanes) is 4. The summed E-state index contributed by atoms with van der Waals surface area (Å²) in [5.74, 6) is 1.30. The van der Waals surface area contributed by atoms with E-state index in [9.17, 15) is 0 Å². The molecular weight excluding hydrogens is 362 g/mol. The number of hydrogen-bond donors (Lipinski definition) is 2. The molecule has 2 N–H and O–H groups in total. The highest BCUT2D eigenvalue weighted by Gasteiger charge is 1.99. The molecule has 2 aromatic rings. The van der Waals surface area contributed by atoms with E-state index in [0.717, 1.165) is 43.5 Å². The van der Waals surface area contributed by atoms with Gasteiger partial charge in [-0.3, -0.25) is 15.3 Å². The number of hydrogen-bond acceptors (Lipinski definition) is 4. The molecule has 0 radical (unpaired) electrons. The average Bonchev–Trinajstić information content (AvgIpc) is 2.69. The second-order valence-corrected chi connectivity index (χ2v) is 6.34. The molecular formula is C20H24ClN5O. The number of guanidine groups is 1. The molecule has 0 aliphatic carbocycles. The van der Waals surface area contributed by atoms with Crippen molar-refractivity contribution in [2.75, 3.05) is 18.5 Å². The number of benzene rings is 1. The van der Waals surface area contributed by atoms with Gasteiger partial charge in [-0.1, -0.05) is 30.9 Å².